The molecule has 4 atom stereocenters. The number of rotatable bonds is 8. The highest BCUT2D eigenvalue weighted by Crippen LogP contribution is 2.33. The molecule has 2 heterocycles. The number of hydrogen-bond donors (Lipinski definition) is 2. The van der Waals surface area contributed by atoms with E-state index in [1.165, 1.54) is 11.8 Å². The van der Waals surface area contributed by atoms with Crippen LogP contribution in [-0.2, 0) is 9.47 Å². The summed E-state index contributed by atoms with van der Waals surface area (Å²) in [6.45, 7) is 5.64. The van der Waals surface area contributed by atoms with Crippen LogP contribution in [0.1, 0.15) is 40.0 Å². The number of thioether (sulfide) groups is 1. The zero-order chi connectivity index (χ0) is 19.4. The van der Waals surface area contributed by atoms with E-state index in [1.807, 2.05) is 42.7 Å². The van der Waals surface area contributed by atoms with Gasteiger partial charge in [-0.1, -0.05) is 31.9 Å². The van der Waals surface area contributed by atoms with Crippen LogP contribution >= 0.6 is 11.8 Å². The minimum Gasteiger partial charge on any atom is -0.431 e. The number of oxazole rings is 1. The lowest BCUT2D eigenvalue weighted by Crippen LogP contribution is -2.42. The molecule has 6 nitrogen and oxygen atoms in total. The first-order chi connectivity index (χ1) is 12.9. The minimum atomic E-state index is -1.01. The molecule has 2 aromatic rings. The van der Waals surface area contributed by atoms with E-state index >= 15 is 0 Å². The lowest BCUT2D eigenvalue weighted by atomic mass is 9.99. The molecule has 1 fully saturated rings. The molecule has 0 unspecified atom stereocenters. The topological polar surface area (TPSA) is 85.0 Å². The summed E-state index contributed by atoms with van der Waals surface area (Å²) in [6, 6.07) is 7.58. The molecule has 0 aliphatic carbocycles. The van der Waals surface area contributed by atoms with Crippen molar-refractivity contribution in [2.45, 2.75) is 75.5 Å². The van der Waals surface area contributed by atoms with Gasteiger partial charge in [-0.2, -0.15) is 0 Å². The molecule has 27 heavy (non-hydrogen) atoms. The maximum absolute atomic E-state index is 10.5. The van der Waals surface area contributed by atoms with Gasteiger partial charge in [-0.25, -0.2) is 4.98 Å². The molecule has 1 saturated heterocycles. The Morgan fingerprint density at radius 1 is 1.26 bits per heavy atom. The zero-order valence-corrected chi connectivity index (χ0v) is 16.7. The van der Waals surface area contributed by atoms with E-state index in [1.54, 1.807) is 13.8 Å². The van der Waals surface area contributed by atoms with Crippen molar-refractivity contribution in [2.75, 3.05) is 0 Å². The fraction of sp³-hybridized carbons (Fsp3) is 0.550. The first kappa shape index (κ1) is 20.4. The molecule has 1 aliphatic heterocycles. The van der Waals surface area contributed by atoms with Crippen molar-refractivity contribution >= 4 is 22.9 Å². The van der Waals surface area contributed by atoms with E-state index in [4.69, 9.17) is 13.9 Å². The Kier molecular flexibility index (Phi) is 6.60. The summed E-state index contributed by atoms with van der Waals surface area (Å²) in [6.07, 6.45) is 1.21. The molecule has 0 saturated carbocycles. The summed E-state index contributed by atoms with van der Waals surface area (Å²) >= 11 is 1.33. The lowest BCUT2D eigenvalue weighted by molar-refractivity contribution is -0.161. The molecular formula is C20H27NO5S. The Morgan fingerprint density at radius 2 is 2.04 bits per heavy atom. The monoisotopic (exact) mass is 393 g/mol. The fourth-order valence-corrected chi connectivity index (χ4v) is 3.75. The average molecular weight is 394 g/mol. The third kappa shape index (κ3) is 5.12. The van der Waals surface area contributed by atoms with E-state index in [0.29, 0.717) is 11.6 Å². The Labute approximate surface area is 163 Å². The largest absolute Gasteiger partial charge is 0.431 e. The van der Waals surface area contributed by atoms with Crippen molar-refractivity contribution in [3.05, 3.63) is 35.7 Å². The molecule has 7 heteroatoms. The number of nitrogens with zero attached hydrogens (tertiary/aromatic N) is 1. The van der Waals surface area contributed by atoms with Gasteiger partial charge in [0.2, 0.25) is 0 Å². The van der Waals surface area contributed by atoms with Crippen LogP contribution in [-0.4, -0.2) is 45.4 Å². The van der Waals surface area contributed by atoms with Crippen molar-refractivity contribution in [2.24, 2.45) is 0 Å². The van der Waals surface area contributed by atoms with Gasteiger partial charge in [0, 0.05) is 0 Å². The van der Waals surface area contributed by atoms with Gasteiger partial charge in [-0.05, 0) is 55.6 Å². The maximum atomic E-state index is 10.5. The molecule has 1 aromatic heterocycles. The Bertz CT molecular complexity index is 742. The summed E-state index contributed by atoms with van der Waals surface area (Å²) in [5, 5.41) is 23.1. The van der Waals surface area contributed by atoms with Crippen molar-refractivity contribution in [3.8, 4) is 0 Å². The molecule has 0 spiro atoms. The number of aliphatic hydroxyl groups is 2. The van der Waals surface area contributed by atoms with Crippen molar-refractivity contribution in [3.63, 3.8) is 0 Å². The third-order valence-electron chi connectivity index (χ3n) is 4.46. The highest BCUT2D eigenvalue weighted by molar-refractivity contribution is 8.01. The number of aromatic nitrogens is 1. The molecular weight excluding hydrogens is 366 g/mol. The molecule has 1 aliphatic rings. The van der Waals surface area contributed by atoms with Gasteiger partial charge >= 0.3 is 0 Å². The number of para-hydroxylation sites is 2. The smallest absolute Gasteiger partial charge is 0.261 e. The average Bonchev–Trinajstić information content (AvgIpc) is 3.18. The van der Waals surface area contributed by atoms with Crippen LogP contribution in [0.25, 0.3) is 11.1 Å². The Hall–Kier alpha value is -1.38. The van der Waals surface area contributed by atoms with Gasteiger partial charge in [-0.3, -0.25) is 0 Å². The summed E-state index contributed by atoms with van der Waals surface area (Å²) < 4.78 is 17.4. The molecule has 0 radical (unpaired) electrons. The summed E-state index contributed by atoms with van der Waals surface area (Å²) in [5.74, 6) is -0.826. The number of hydrogen-bond acceptors (Lipinski definition) is 7. The number of fused-ring (bicyclic) bond motifs is 1. The van der Waals surface area contributed by atoms with Crippen molar-refractivity contribution in [1.29, 1.82) is 0 Å². The summed E-state index contributed by atoms with van der Waals surface area (Å²) in [7, 11) is 0. The second-order valence-corrected chi connectivity index (χ2v) is 8.02. The van der Waals surface area contributed by atoms with Gasteiger partial charge in [0.05, 0.1) is 6.10 Å². The van der Waals surface area contributed by atoms with Crippen molar-refractivity contribution < 1.29 is 24.1 Å². The molecule has 148 valence electrons. The summed E-state index contributed by atoms with van der Waals surface area (Å²) in [5.41, 5.74) is 1.55. The van der Waals surface area contributed by atoms with E-state index < -0.39 is 30.2 Å². The van der Waals surface area contributed by atoms with Crippen molar-refractivity contribution in [1.82, 2.24) is 4.98 Å². The molecule has 3 rings (SSSR count). The van der Waals surface area contributed by atoms with E-state index in [0.717, 1.165) is 23.9 Å². The predicted molar refractivity (Wildman–Crippen MR) is 104 cm³/mol. The van der Waals surface area contributed by atoms with Crippen LogP contribution in [0.5, 0.6) is 0 Å². The van der Waals surface area contributed by atoms with Gasteiger partial charge in [0.1, 0.15) is 23.8 Å². The van der Waals surface area contributed by atoms with Crippen LogP contribution < -0.4 is 0 Å². The number of ether oxygens (including phenoxy) is 2. The van der Waals surface area contributed by atoms with E-state index in [2.05, 4.69) is 4.98 Å². The first-order valence-corrected chi connectivity index (χ1v) is 10.2. The minimum absolute atomic E-state index is 0.469. The second-order valence-electron chi connectivity index (χ2n) is 7.16. The van der Waals surface area contributed by atoms with E-state index in [-0.39, 0.29) is 0 Å². The normalized spacial score (nSPS) is 24.6. The van der Waals surface area contributed by atoms with Crippen LogP contribution in [0, 0.1) is 0 Å². The van der Waals surface area contributed by atoms with Crippen LogP contribution in [0.2, 0.25) is 0 Å². The van der Waals surface area contributed by atoms with Crippen LogP contribution in [0.4, 0.5) is 0 Å². The Balaban J connectivity index is 1.65. The quantitative estimate of drug-likeness (QED) is 0.659. The SMILES string of the molecule is CCCC[C@@H](O)[C@H](O)[C@H]1OC(C)(C)O[C@H]1/C=C/Sc1nc2ccccc2o1. The summed E-state index contributed by atoms with van der Waals surface area (Å²) in [4.78, 5) is 4.41. The predicted octanol–water partition coefficient (Wildman–Crippen LogP) is 3.87. The molecule has 0 amide bonds. The standard InChI is InChI=1S/C20H27NO5S/c1-4-5-9-14(22)17(23)18-16(25-20(2,3)26-18)11-12-27-19-21-13-8-6-7-10-15(13)24-19/h6-8,10-12,14,16-18,22-23H,4-5,9H2,1-3H3/b12-11+/t14-,16+,17+,18+/m1/s1. The second kappa shape index (κ2) is 8.75. The first-order valence-electron chi connectivity index (χ1n) is 9.30. The number of aliphatic hydroxyl groups excluding tert-OH is 2. The Morgan fingerprint density at radius 3 is 2.78 bits per heavy atom. The molecule has 0 bridgehead atoms. The van der Waals surface area contributed by atoms with Gasteiger partial charge in [-0.15, -0.1) is 0 Å². The third-order valence-corrected chi connectivity index (χ3v) is 5.13. The highest BCUT2D eigenvalue weighted by atomic mass is 32.2. The van der Waals surface area contributed by atoms with Gasteiger partial charge in [0.25, 0.3) is 5.22 Å². The van der Waals surface area contributed by atoms with E-state index in [9.17, 15) is 10.2 Å². The molecule has 2 N–H and O–H groups in total. The van der Waals surface area contributed by atoms with Crippen LogP contribution in [0.15, 0.2) is 45.4 Å². The fourth-order valence-electron chi connectivity index (χ4n) is 3.11. The number of benzene rings is 1. The molecule has 1 aromatic carbocycles. The van der Waals surface area contributed by atoms with Crippen LogP contribution in [0.3, 0.4) is 0 Å². The number of unbranched alkanes of at least 4 members (excludes halogenated alkanes) is 1. The maximum Gasteiger partial charge on any atom is 0.261 e. The zero-order valence-electron chi connectivity index (χ0n) is 15.9. The lowest BCUT2D eigenvalue weighted by Gasteiger charge is -2.25. The van der Waals surface area contributed by atoms with Gasteiger partial charge in [0.15, 0.2) is 11.4 Å². The highest BCUT2D eigenvalue weighted by Gasteiger charge is 2.45. The van der Waals surface area contributed by atoms with Gasteiger partial charge < -0.3 is 24.1 Å².